The Morgan fingerprint density at radius 3 is 2.10 bits per heavy atom. The molecule has 0 aromatic rings. The number of alkyl halides is 2. The topological polar surface area (TPSA) is 37.3 Å². The van der Waals surface area contributed by atoms with Crippen molar-refractivity contribution >= 4 is 29.2 Å². The van der Waals surface area contributed by atoms with Gasteiger partial charge in [0.2, 0.25) is 4.33 Å². The first-order chi connectivity index (χ1) is 4.36. The molecule has 2 nitrogen and oxygen atoms in total. The molecule has 0 unspecified atom stereocenters. The predicted molar refractivity (Wildman–Crippen MR) is 41.5 cm³/mol. The van der Waals surface area contributed by atoms with E-state index >= 15 is 0 Å². The van der Waals surface area contributed by atoms with Crippen molar-refractivity contribution in [2.24, 2.45) is 5.92 Å². The van der Waals surface area contributed by atoms with E-state index in [0.717, 1.165) is 0 Å². The highest BCUT2D eigenvalue weighted by molar-refractivity contribution is 6.57. The van der Waals surface area contributed by atoms with Gasteiger partial charge < -0.3 is 5.11 Å². The quantitative estimate of drug-likeness (QED) is 0.684. The fourth-order valence-corrected chi connectivity index (χ4v) is 1.22. The molecule has 0 aromatic carbocycles. The van der Waals surface area contributed by atoms with E-state index in [1.54, 1.807) is 0 Å². The molecule has 0 radical (unpaired) electrons. The molecule has 0 saturated carbocycles. The molecule has 0 aliphatic heterocycles. The molecule has 0 aromatic heterocycles. The zero-order chi connectivity index (χ0) is 8.36. The third kappa shape index (κ3) is 3.28. The summed E-state index contributed by atoms with van der Waals surface area (Å²) < 4.78 is -1.62. The number of aliphatic carboxylic acids is 1. The minimum atomic E-state index is -1.62. The number of carboxylic acid groups (broad SMARTS) is 1. The van der Waals surface area contributed by atoms with Crippen LogP contribution in [0.4, 0.5) is 0 Å². The van der Waals surface area contributed by atoms with Crippen LogP contribution in [0.1, 0.15) is 20.3 Å². The summed E-state index contributed by atoms with van der Waals surface area (Å²) in [6.45, 7) is 3.73. The van der Waals surface area contributed by atoms with E-state index in [0.29, 0.717) is 0 Å². The summed E-state index contributed by atoms with van der Waals surface area (Å²) in [4.78, 5) is 10.3. The monoisotopic (exact) mass is 184 g/mol. The van der Waals surface area contributed by atoms with Gasteiger partial charge in [0.15, 0.2) is 0 Å². The summed E-state index contributed by atoms with van der Waals surface area (Å²) in [7, 11) is 0. The minimum absolute atomic E-state index is 0.186. The van der Waals surface area contributed by atoms with Crippen LogP contribution < -0.4 is 0 Å². The van der Waals surface area contributed by atoms with Crippen molar-refractivity contribution in [3.05, 3.63) is 0 Å². The van der Waals surface area contributed by atoms with E-state index in [4.69, 9.17) is 28.3 Å². The summed E-state index contributed by atoms with van der Waals surface area (Å²) >= 11 is 10.9. The van der Waals surface area contributed by atoms with E-state index in [9.17, 15) is 4.79 Å². The van der Waals surface area contributed by atoms with Gasteiger partial charge in [0.05, 0.1) is 0 Å². The van der Waals surface area contributed by atoms with Gasteiger partial charge in [-0.3, -0.25) is 0 Å². The van der Waals surface area contributed by atoms with Crippen LogP contribution in [0.5, 0.6) is 0 Å². The molecule has 0 heterocycles. The van der Waals surface area contributed by atoms with Gasteiger partial charge >= 0.3 is 5.97 Å². The molecule has 0 spiro atoms. The molecule has 0 rings (SSSR count). The Balaban J connectivity index is 4.00. The SMILES string of the molecule is CC(C)CC(Cl)(Cl)C(=O)O. The smallest absolute Gasteiger partial charge is 0.340 e. The molecule has 0 atom stereocenters. The zero-order valence-electron chi connectivity index (χ0n) is 5.90. The Morgan fingerprint density at radius 2 is 2.00 bits per heavy atom. The average Bonchev–Trinajstić information content (AvgIpc) is 1.60. The van der Waals surface area contributed by atoms with Gasteiger partial charge in [-0.2, -0.15) is 0 Å². The van der Waals surface area contributed by atoms with Gasteiger partial charge in [-0.1, -0.05) is 37.0 Å². The Labute approximate surface area is 70.1 Å². The Bertz CT molecular complexity index is 132. The number of carbonyl (C=O) groups is 1. The highest BCUT2D eigenvalue weighted by Crippen LogP contribution is 2.28. The lowest BCUT2D eigenvalue weighted by Gasteiger charge is -2.15. The first-order valence-corrected chi connectivity index (χ1v) is 3.73. The second-order valence-electron chi connectivity index (χ2n) is 2.61. The highest BCUT2D eigenvalue weighted by atomic mass is 35.5. The van der Waals surface area contributed by atoms with Gasteiger partial charge in [-0.05, 0) is 12.3 Å². The predicted octanol–water partition coefficient (Wildman–Crippen LogP) is 2.29. The van der Waals surface area contributed by atoms with Crippen molar-refractivity contribution in [2.45, 2.75) is 24.6 Å². The van der Waals surface area contributed by atoms with Crippen molar-refractivity contribution in [1.82, 2.24) is 0 Å². The van der Waals surface area contributed by atoms with Crippen LogP contribution >= 0.6 is 23.2 Å². The van der Waals surface area contributed by atoms with E-state index in [-0.39, 0.29) is 12.3 Å². The number of hydrogen-bond acceptors (Lipinski definition) is 1. The standard InChI is InChI=1S/C6H10Cl2O2/c1-4(2)3-6(7,8)5(9)10/h4H,3H2,1-2H3,(H,9,10). The fraction of sp³-hybridized carbons (Fsp3) is 0.833. The molecular weight excluding hydrogens is 175 g/mol. The summed E-state index contributed by atoms with van der Waals surface area (Å²) in [5.74, 6) is -0.990. The largest absolute Gasteiger partial charge is 0.479 e. The van der Waals surface area contributed by atoms with Gasteiger partial charge in [0, 0.05) is 0 Å². The fourth-order valence-electron chi connectivity index (χ4n) is 0.600. The molecule has 0 saturated heterocycles. The van der Waals surface area contributed by atoms with E-state index in [1.165, 1.54) is 0 Å². The third-order valence-electron chi connectivity index (χ3n) is 0.978. The molecule has 1 N–H and O–H groups in total. The maximum atomic E-state index is 10.3. The molecule has 0 bridgehead atoms. The van der Waals surface area contributed by atoms with E-state index in [1.807, 2.05) is 13.8 Å². The number of carboxylic acids is 1. The van der Waals surface area contributed by atoms with E-state index < -0.39 is 10.3 Å². The van der Waals surface area contributed by atoms with Gasteiger partial charge in [-0.25, -0.2) is 4.79 Å². The van der Waals surface area contributed by atoms with Crippen molar-refractivity contribution in [2.75, 3.05) is 0 Å². The second kappa shape index (κ2) is 3.44. The van der Waals surface area contributed by atoms with Crippen LogP contribution in [0.2, 0.25) is 0 Å². The summed E-state index contributed by atoms with van der Waals surface area (Å²) in [6, 6.07) is 0. The van der Waals surface area contributed by atoms with Crippen LogP contribution in [-0.4, -0.2) is 15.4 Å². The Hall–Kier alpha value is 0.0500. The first-order valence-electron chi connectivity index (χ1n) is 2.97. The van der Waals surface area contributed by atoms with Gasteiger partial charge in [0.25, 0.3) is 0 Å². The number of rotatable bonds is 3. The van der Waals surface area contributed by atoms with Crippen LogP contribution in [0, 0.1) is 5.92 Å². The summed E-state index contributed by atoms with van der Waals surface area (Å²) in [6.07, 6.45) is 0.269. The van der Waals surface area contributed by atoms with Crippen LogP contribution in [-0.2, 0) is 4.79 Å². The van der Waals surface area contributed by atoms with E-state index in [2.05, 4.69) is 0 Å². The number of hydrogen-bond donors (Lipinski definition) is 1. The Morgan fingerprint density at radius 1 is 1.60 bits per heavy atom. The summed E-state index contributed by atoms with van der Waals surface area (Å²) in [5.41, 5.74) is 0. The molecule has 10 heavy (non-hydrogen) atoms. The lowest BCUT2D eigenvalue weighted by atomic mass is 10.1. The average molecular weight is 185 g/mol. The second-order valence-corrected chi connectivity index (χ2v) is 4.09. The maximum Gasteiger partial charge on any atom is 0.340 e. The Kier molecular flexibility index (Phi) is 3.46. The van der Waals surface area contributed by atoms with Crippen LogP contribution in [0.3, 0.4) is 0 Å². The van der Waals surface area contributed by atoms with Crippen LogP contribution in [0.15, 0.2) is 0 Å². The van der Waals surface area contributed by atoms with Crippen molar-refractivity contribution in [3.8, 4) is 0 Å². The van der Waals surface area contributed by atoms with Crippen molar-refractivity contribution < 1.29 is 9.90 Å². The molecule has 0 fully saturated rings. The third-order valence-corrected chi connectivity index (χ3v) is 1.61. The molecule has 0 aliphatic carbocycles. The lowest BCUT2D eigenvalue weighted by molar-refractivity contribution is -0.138. The molecule has 60 valence electrons. The first kappa shape index (κ1) is 10.0. The van der Waals surface area contributed by atoms with Gasteiger partial charge in [-0.15, -0.1) is 0 Å². The lowest BCUT2D eigenvalue weighted by Crippen LogP contribution is -2.27. The van der Waals surface area contributed by atoms with Crippen molar-refractivity contribution in [1.29, 1.82) is 0 Å². The molecule has 4 heteroatoms. The minimum Gasteiger partial charge on any atom is -0.479 e. The summed E-state index contributed by atoms with van der Waals surface area (Å²) in [5, 5.41) is 8.43. The normalized spacial score (nSPS) is 12.1. The molecule has 0 amide bonds. The van der Waals surface area contributed by atoms with Gasteiger partial charge in [0.1, 0.15) is 0 Å². The zero-order valence-corrected chi connectivity index (χ0v) is 7.41. The maximum absolute atomic E-state index is 10.3. The van der Waals surface area contributed by atoms with Crippen LogP contribution in [0.25, 0.3) is 0 Å². The van der Waals surface area contributed by atoms with Crippen molar-refractivity contribution in [3.63, 3.8) is 0 Å². The molecule has 0 aliphatic rings. The molecular formula is C6H10Cl2O2. The highest BCUT2D eigenvalue weighted by Gasteiger charge is 2.33. The number of halogens is 2.